The van der Waals surface area contributed by atoms with E-state index in [1.54, 1.807) is 0 Å². The first kappa shape index (κ1) is 16.1. The third-order valence-corrected chi connectivity index (χ3v) is 3.44. The van der Waals surface area contributed by atoms with Crippen molar-refractivity contribution in [2.24, 2.45) is 0 Å². The molecule has 0 spiro atoms. The number of hydrogen-bond donors (Lipinski definition) is 1. The number of hydrogen-bond acceptors (Lipinski definition) is 2. The van der Waals surface area contributed by atoms with Crippen LogP contribution in [0.2, 0.25) is 0 Å². The van der Waals surface area contributed by atoms with Crippen molar-refractivity contribution >= 4 is 22.0 Å². The molecule has 0 aliphatic rings. The summed E-state index contributed by atoms with van der Waals surface area (Å²) in [6.45, 7) is 2.51. The van der Waals surface area contributed by atoms with Crippen LogP contribution in [0.1, 0.15) is 16.7 Å². The Bertz CT molecular complexity index is 702. The lowest BCUT2D eigenvalue weighted by molar-refractivity contribution is 0.141. The van der Waals surface area contributed by atoms with E-state index in [4.69, 9.17) is 4.74 Å². The first-order valence-electron chi connectivity index (χ1n) is 6.85. The van der Waals surface area contributed by atoms with E-state index in [2.05, 4.69) is 33.1 Å². The van der Waals surface area contributed by atoms with Crippen LogP contribution in [0.4, 0.5) is 4.79 Å². The number of ether oxygens (including phenoxy) is 1. The van der Waals surface area contributed by atoms with E-state index in [1.807, 2.05) is 55.5 Å². The maximum atomic E-state index is 11.5. The SMILES string of the molecule is Cc1cc(Br)ccc1C#CCNC(=O)OCc1ccccc1. The molecule has 112 valence electrons. The van der Waals surface area contributed by atoms with Crippen LogP contribution in [-0.4, -0.2) is 12.6 Å². The summed E-state index contributed by atoms with van der Waals surface area (Å²) in [4.78, 5) is 11.5. The number of alkyl carbamates (subject to hydrolysis) is 1. The molecule has 0 fully saturated rings. The Morgan fingerprint density at radius 1 is 1.23 bits per heavy atom. The van der Waals surface area contributed by atoms with Gasteiger partial charge in [-0.05, 0) is 36.2 Å². The maximum Gasteiger partial charge on any atom is 0.408 e. The van der Waals surface area contributed by atoms with E-state index in [9.17, 15) is 4.79 Å². The highest BCUT2D eigenvalue weighted by Gasteiger charge is 2.00. The largest absolute Gasteiger partial charge is 0.445 e. The van der Waals surface area contributed by atoms with Crippen LogP contribution in [0.15, 0.2) is 53.0 Å². The third kappa shape index (κ3) is 5.27. The number of amides is 1. The van der Waals surface area contributed by atoms with Gasteiger partial charge in [0.05, 0.1) is 6.54 Å². The standard InChI is InChI=1S/C18H16BrNO2/c1-14-12-17(19)10-9-16(14)8-5-11-20-18(21)22-13-15-6-3-2-4-7-15/h2-4,6-7,9-10,12H,11,13H2,1H3,(H,20,21). The van der Waals surface area contributed by atoms with Crippen LogP contribution in [0, 0.1) is 18.8 Å². The second-order valence-corrected chi connectivity index (χ2v) is 5.59. The first-order valence-corrected chi connectivity index (χ1v) is 7.64. The van der Waals surface area contributed by atoms with E-state index in [-0.39, 0.29) is 13.2 Å². The molecular weight excluding hydrogens is 342 g/mol. The van der Waals surface area contributed by atoms with E-state index in [1.165, 1.54) is 0 Å². The molecule has 3 nitrogen and oxygen atoms in total. The van der Waals surface area contributed by atoms with Gasteiger partial charge in [-0.1, -0.05) is 58.1 Å². The van der Waals surface area contributed by atoms with Crippen molar-refractivity contribution < 1.29 is 9.53 Å². The van der Waals surface area contributed by atoms with Crippen LogP contribution < -0.4 is 5.32 Å². The molecule has 0 atom stereocenters. The van der Waals surface area contributed by atoms with Crippen molar-refractivity contribution in [3.05, 3.63) is 69.7 Å². The lowest BCUT2D eigenvalue weighted by atomic mass is 10.1. The van der Waals surface area contributed by atoms with Gasteiger partial charge < -0.3 is 10.1 Å². The smallest absolute Gasteiger partial charge is 0.408 e. The molecule has 2 aromatic carbocycles. The van der Waals surface area contributed by atoms with Crippen LogP contribution in [-0.2, 0) is 11.3 Å². The summed E-state index contributed by atoms with van der Waals surface area (Å²) < 4.78 is 6.12. The minimum Gasteiger partial charge on any atom is -0.445 e. The number of aryl methyl sites for hydroxylation is 1. The number of halogens is 1. The fourth-order valence-corrected chi connectivity index (χ4v) is 2.27. The van der Waals surface area contributed by atoms with Gasteiger partial charge >= 0.3 is 6.09 Å². The predicted octanol–water partition coefficient (Wildman–Crippen LogP) is 4.04. The van der Waals surface area contributed by atoms with Gasteiger partial charge in [-0.2, -0.15) is 0 Å². The van der Waals surface area contributed by atoms with Gasteiger partial charge in [0.15, 0.2) is 0 Å². The van der Waals surface area contributed by atoms with E-state index in [0.29, 0.717) is 0 Å². The van der Waals surface area contributed by atoms with Gasteiger partial charge in [0.25, 0.3) is 0 Å². The molecule has 0 aliphatic carbocycles. The fourth-order valence-electron chi connectivity index (χ4n) is 1.80. The highest BCUT2D eigenvalue weighted by atomic mass is 79.9. The van der Waals surface area contributed by atoms with E-state index >= 15 is 0 Å². The molecule has 2 rings (SSSR count). The molecule has 0 unspecified atom stereocenters. The quantitative estimate of drug-likeness (QED) is 0.842. The number of nitrogens with one attached hydrogen (secondary N) is 1. The minimum absolute atomic E-state index is 0.253. The van der Waals surface area contributed by atoms with Crippen molar-refractivity contribution in [2.75, 3.05) is 6.54 Å². The van der Waals surface area contributed by atoms with E-state index < -0.39 is 6.09 Å². The summed E-state index contributed by atoms with van der Waals surface area (Å²) in [5.41, 5.74) is 2.99. The van der Waals surface area contributed by atoms with E-state index in [0.717, 1.165) is 21.2 Å². The Labute approximate surface area is 138 Å². The Morgan fingerprint density at radius 3 is 2.73 bits per heavy atom. The Hall–Kier alpha value is -2.25. The topological polar surface area (TPSA) is 38.3 Å². The number of carbonyl (C=O) groups is 1. The second kappa shape index (κ2) is 8.26. The molecule has 2 aromatic rings. The van der Waals surface area contributed by atoms with Crippen molar-refractivity contribution in [2.45, 2.75) is 13.5 Å². The predicted molar refractivity (Wildman–Crippen MR) is 90.4 cm³/mol. The number of carbonyl (C=O) groups excluding carboxylic acids is 1. The molecule has 0 aliphatic heterocycles. The Balaban J connectivity index is 1.76. The Morgan fingerprint density at radius 2 is 2.00 bits per heavy atom. The molecule has 1 N–H and O–H groups in total. The average Bonchev–Trinajstić information content (AvgIpc) is 2.52. The van der Waals surface area contributed by atoms with Crippen molar-refractivity contribution in [3.63, 3.8) is 0 Å². The van der Waals surface area contributed by atoms with Crippen LogP contribution in [0.5, 0.6) is 0 Å². The molecule has 0 saturated carbocycles. The zero-order valence-electron chi connectivity index (χ0n) is 12.2. The molecule has 0 heterocycles. The molecule has 0 aromatic heterocycles. The molecule has 0 bridgehead atoms. The molecule has 4 heteroatoms. The van der Waals surface area contributed by atoms with Crippen molar-refractivity contribution in [1.29, 1.82) is 0 Å². The zero-order chi connectivity index (χ0) is 15.8. The maximum absolute atomic E-state index is 11.5. The monoisotopic (exact) mass is 357 g/mol. The van der Waals surface area contributed by atoms with Gasteiger partial charge in [-0.25, -0.2) is 4.79 Å². The molecule has 0 saturated heterocycles. The fraction of sp³-hybridized carbons (Fsp3) is 0.167. The normalized spacial score (nSPS) is 9.55. The summed E-state index contributed by atoms with van der Waals surface area (Å²) in [5, 5.41) is 2.61. The number of benzene rings is 2. The second-order valence-electron chi connectivity index (χ2n) is 4.68. The third-order valence-electron chi connectivity index (χ3n) is 2.95. The van der Waals surface area contributed by atoms with Gasteiger partial charge in [-0.15, -0.1) is 0 Å². The summed E-state index contributed by atoms with van der Waals surface area (Å²) in [7, 11) is 0. The summed E-state index contributed by atoms with van der Waals surface area (Å²) in [5.74, 6) is 5.94. The number of rotatable bonds is 3. The Kier molecular flexibility index (Phi) is 6.05. The lowest BCUT2D eigenvalue weighted by Gasteiger charge is -2.04. The van der Waals surface area contributed by atoms with Crippen molar-refractivity contribution in [3.8, 4) is 11.8 Å². The summed E-state index contributed by atoms with van der Waals surface area (Å²) in [6, 6.07) is 15.4. The summed E-state index contributed by atoms with van der Waals surface area (Å²) >= 11 is 3.41. The molecule has 1 amide bonds. The molecular formula is C18H16BrNO2. The molecule has 0 radical (unpaired) electrons. The van der Waals surface area contributed by atoms with Gasteiger partial charge in [0, 0.05) is 10.0 Å². The first-order chi connectivity index (χ1) is 10.6. The average molecular weight is 358 g/mol. The summed E-state index contributed by atoms with van der Waals surface area (Å²) in [6.07, 6.45) is -0.467. The zero-order valence-corrected chi connectivity index (χ0v) is 13.8. The minimum atomic E-state index is -0.467. The highest BCUT2D eigenvalue weighted by Crippen LogP contribution is 2.14. The highest BCUT2D eigenvalue weighted by molar-refractivity contribution is 9.10. The van der Waals surface area contributed by atoms with Gasteiger partial charge in [-0.3, -0.25) is 0 Å². The van der Waals surface area contributed by atoms with Crippen LogP contribution >= 0.6 is 15.9 Å². The lowest BCUT2D eigenvalue weighted by Crippen LogP contribution is -2.24. The molecule has 22 heavy (non-hydrogen) atoms. The van der Waals surface area contributed by atoms with Crippen LogP contribution in [0.25, 0.3) is 0 Å². The van der Waals surface area contributed by atoms with Crippen molar-refractivity contribution in [1.82, 2.24) is 5.32 Å². The van der Waals surface area contributed by atoms with Gasteiger partial charge in [0.2, 0.25) is 0 Å². The van der Waals surface area contributed by atoms with Gasteiger partial charge in [0.1, 0.15) is 6.61 Å². The van der Waals surface area contributed by atoms with Crippen LogP contribution in [0.3, 0.4) is 0 Å².